The monoisotopic (exact) mass is 699 g/mol. The lowest BCUT2D eigenvalue weighted by molar-refractivity contribution is -0.116. The van der Waals surface area contributed by atoms with E-state index in [1.165, 1.54) is 11.8 Å². The molecular formula is C39H33N5O4S2. The molecule has 1 heterocycles. The molecule has 11 heteroatoms. The van der Waals surface area contributed by atoms with E-state index in [1.54, 1.807) is 73.7 Å². The highest BCUT2D eigenvalue weighted by Gasteiger charge is 2.25. The van der Waals surface area contributed by atoms with Crippen molar-refractivity contribution in [2.45, 2.75) is 30.4 Å². The van der Waals surface area contributed by atoms with Gasteiger partial charge in [0.1, 0.15) is 16.8 Å². The Hall–Kier alpha value is -5.96. The normalized spacial score (nSPS) is 11.5. The number of thiophene rings is 1. The summed E-state index contributed by atoms with van der Waals surface area (Å²) in [5, 5.41) is 20.9. The molecule has 50 heavy (non-hydrogen) atoms. The summed E-state index contributed by atoms with van der Waals surface area (Å²) in [6, 6.07) is 36.0. The van der Waals surface area contributed by atoms with Crippen molar-refractivity contribution < 1.29 is 19.2 Å². The topological polar surface area (TPSA) is 140 Å². The van der Waals surface area contributed by atoms with Crippen LogP contribution in [0, 0.1) is 18.3 Å². The Morgan fingerprint density at radius 1 is 0.800 bits per heavy atom. The summed E-state index contributed by atoms with van der Waals surface area (Å²) in [5.41, 5.74) is 3.03. The van der Waals surface area contributed by atoms with Crippen molar-refractivity contribution in [3.8, 4) is 6.07 Å². The number of para-hydroxylation sites is 1. The molecule has 4 amide bonds. The van der Waals surface area contributed by atoms with Crippen LogP contribution in [0.15, 0.2) is 126 Å². The maximum Gasteiger partial charge on any atom is 0.272 e. The molecule has 250 valence electrons. The minimum Gasteiger partial charge on any atom is -0.321 e. The molecule has 1 unspecified atom stereocenters. The van der Waals surface area contributed by atoms with Gasteiger partial charge in [0.2, 0.25) is 5.91 Å². The molecule has 0 aliphatic rings. The minimum absolute atomic E-state index is 0.0604. The summed E-state index contributed by atoms with van der Waals surface area (Å²) in [5.74, 6) is -1.63. The molecular weight excluding hydrogens is 667 g/mol. The van der Waals surface area contributed by atoms with Gasteiger partial charge in [-0.15, -0.1) is 23.1 Å². The second-order valence-electron chi connectivity index (χ2n) is 11.0. The van der Waals surface area contributed by atoms with E-state index in [-0.39, 0.29) is 23.1 Å². The van der Waals surface area contributed by atoms with Gasteiger partial charge < -0.3 is 21.3 Å². The number of nitriles is 1. The van der Waals surface area contributed by atoms with Crippen LogP contribution in [0.1, 0.15) is 50.1 Å². The van der Waals surface area contributed by atoms with E-state index in [0.29, 0.717) is 38.8 Å². The van der Waals surface area contributed by atoms with E-state index in [2.05, 4.69) is 27.3 Å². The molecule has 0 aliphatic carbocycles. The van der Waals surface area contributed by atoms with Crippen LogP contribution in [0.5, 0.6) is 0 Å². The number of amides is 4. The molecule has 0 saturated heterocycles. The fourth-order valence-corrected chi connectivity index (χ4v) is 6.91. The van der Waals surface area contributed by atoms with Crippen LogP contribution >= 0.6 is 23.1 Å². The summed E-state index contributed by atoms with van der Waals surface area (Å²) in [4.78, 5) is 54.0. The van der Waals surface area contributed by atoms with Crippen molar-refractivity contribution in [2.75, 3.05) is 16.0 Å². The van der Waals surface area contributed by atoms with Crippen molar-refractivity contribution >= 4 is 69.2 Å². The number of anilines is 3. The van der Waals surface area contributed by atoms with Crippen LogP contribution in [-0.4, -0.2) is 28.9 Å². The number of carbonyl (C=O) groups is 4. The summed E-state index contributed by atoms with van der Waals surface area (Å²) in [6.45, 7) is 3.56. The molecule has 9 nitrogen and oxygen atoms in total. The Morgan fingerprint density at radius 2 is 1.44 bits per heavy atom. The van der Waals surface area contributed by atoms with Crippen molar-refractivity contribution in [1.82, 2.24) is 5.32 Å². The first-order valence-corrected chi connectivity index (χ1v) is 17.4. The maximum atomic E-state index is 13.5. The third-order valence-electron chi connectivity index (χ3n) is 7.41. The van der Waals surface area contributed by atoms with Crippen LogP contribution in [-0.2, 0) is 9.59 Å². The third-order valence-corrected chi connectivity index (χ3v) is 9.97. The number of hydrogen-bond acceptors (Lipinski definition) is 7. The van der Waals surface area contributed by atoms with Crippen molar-refractivity contribution in [1.29, 1.82) is 5.26 Å². The predicted molar refractivity (Wildman–Crippen MR) is 200 cm³/mol. The summed E-state index contributed by atoms with van der Waals surface area (Å²) >= 11 is 2.36. The van der Waals surface area contributed by atoms with Crippen molar-refractivity contribution in [3.05, 3.63) is 148 Å². The summed E-state index contributed by atoms with van der Waals surface area (Å²) in [7, 11) is 0. The standard InChI is InChI=1S/C39H33N5O4S2/c1-3-33(37(47)44-39-31(24-40)25(2)34(50-39)38(48)41-28-18-11-6-12-19-28)49-30-21-13-20-29(23-30)42-36(46)32(22-26-14-7-4-8-15-26)43-35(45)27-16-9-5-10-17-27/h4-23,33H,3H2,1-2H3,(H,41,48)(H,42,46)(H,43,45)(H,44,47)/b32-22-. The number of benzene rings is 4. The van der Waals surface area contributed by atoms with E-state index in [4.69, 9.17) is 0 Å². The molecule has 5 rings (SSSR count). The number of nitrogens with zero attached hydrogens (tertiary/aromatic N) is 1. The minimum atomic E-state index is -0.546. The zero-order valence-electron chi connectivity index (χ0n) is 27.2. The van der Waals surface area contributed by atoms with Gasteiger partial charge in [0.15, 0.2) is 0 Å². The van der Waals surface area contributed by atoms with Crippen LogP contribution < -0.4 is 21.3 Å². The van der Waals surface area contributed by atoms with E-state index >= 15 is 0 Å². The number of thioether (sulfide) groups is 1. The average Bonchev–Trinajstić information content (AvgIpc) is 3.45. The Morgan fingerprint density at radius 3 is 2.10 bits per heavy atom. The Labute approximate surface area is 298 Å². The van der Waals surface area contributed by atoms with Crippen LogP contribution in [0.2, 0.25) is 0 Å². The van der Waals surface area contributed by atoms with Crippen LogP contribution in [0.4, 0.5) is 16.4 Å². The summed E-state index contributed by atoms with van der Waals surface area (Å²) < 4.78 is 0. The Kier molecular flexibility index (Phi) is 12.0. The van der Waals surface area contributed by atoms with Gasteiger partial charge in [-0.05, 0) is 73.0 Å². The first-order chi connectivity index (χ1) is 24.2. The lowest BCUT2D eigenvalue weighted by Crippen LogP contribution is -2.30. The van der Waals surface area contributed by atoms with Gasteiger partial charge >= 0.3 is 0 Å². The zero-order valence-corrected chi connectivity index (χ0v) is 28.9. The second kappa shape index (κ2) is 16.9. The Bertz CT molecular complexity index is 2070. The molecule has 0 bridgehead atoms. The quantitative estimate of drug-likeness (QED) is 0.0767. The number of rotatable bonds is 12. The van der Waals surface area contributed by atoms with Gasteiger partial charge in [-0.1, -0.05) is 79.7 Å². The number of nitrogens with one attached hydrogen (secondary N) is 4. The molecule has 1 aromatic heterocycles. The van der Waals surface area contributed by atoms with Gasteiger partial charge in [-0.3, -0.25) is 19.2 Å². The van der Waals surface area contributed by atoms with Gasteiger partial charge in [-0.25, -0.2) is 0 Å². The number of hydrogen-bond donors (Lipinski definition) is 4. The fourth-order valence-electron chi connectivity index (χ4n) is 4.84. The molecule has 0 radical (unpaired) electrons. The SMILES string of the molecule is CCC(Sc1cccc(NC(=O)/C(=C/c2ccccc2)NC(=O)c2ccccc2)c1)C(=O)Nc1sc(C(=O)Nc2ccccc2)c(C)c1C#N. The van der Waals surface area contributed by atoms with Gasteiger partial charge in [0.25, 0.3) is 17.7 Å². The highest BCUT2D eigenvalue weighted by molar-refractivity contribution is 8.00. The van der Waals surface area contributed by atoms with Gasteiger partial charge in [0.05, 0.1) is 15.7 Å². The second-order valence-corrected chi connectivity index (χ2v) is 13.3. The van der Waals surface area contributed by atoms with E-state index in [9.17, 15) is 24.4 Å². The summed E-state index contributed by atoms with van der Waals surface area (Å²) in [6.07, 6.45) is 2.07. The largest absolute Gasteiger partial charge is 0.321 e. The Balaban J connectivity index is 1.28. The molecule has 4 N–H and O–H groups in total. The first-order valence-electron chi connectivity index (χ1n) is 15.7. The smallest absolute Gasteiger partial charge is 0.272 e. The van der Waals surface area contributed by atoms with Crippen molar-refractivity contribution in [3.63, 3.8) is 0 Å². The van der Waals surface area contributed by atoms with E-state index in [0.717, 1.165) is 21.8 Å². The van der Waals surface area contributed by atoms with Crippen LogP contribution in [0.3, 0.4) is 0 Å². The molecule has 0 aliphatic heterocycles. The third kappa shape index (κ3) is 9.14. The lowest BCUT2D eigenvalue weighted by Gasteiger charge is -2.15. The zero-order chi connectivity index (χ0) is 35.5. The first kappa shape index (κ1) is 35.3. The molecule has 0 saturated carbocycles. The van der Waals surface area contributed by atoms with Crippen molar-refractivity contribution in [2.24, 2.45) is 0 Å². The highest BCUT2D eigenvalue weighted by atomic mass is 32.2. The number of carbonyl (C=O) groups excluding carboxylic acids is 4. The predicted octanol–water partition coefficient (Wildman–Crippen LogP) is 8.10. The fraction of sp³-hybridized carbons (Fsp3) is 0.103. The molecule has 0 spiro atoms. The molecule has 1 atom stereocenters. The van der Waals surface area contributed by atoms with E-state index < -0.39 is 17.1 Å². The molecule has 4 aromatic carbocycles. The highest BCUT2D eigenvalue weighted by Crippen LogP contribution is 2.35. The lowest BCUT2D eigenvalue weighted by atomic mass is 10.1. The maximum absolute atomic E-state index is 13.5. The molecule has 0 fully saturated rings. The van der Waals surface area contributed by atoms with Gasteiger partial charge in [0, 0.05) is 21.8 Å². The van der Waals surface area contributed by atoms with Gasteiger partial charge in [-0.2, -0.15) is 5.26 Å². The van der Waals surface area contributed by atoms with Crippen LogP contribution in [0.25, 0.3) is 6.08 Å². The van der Waals surface area contributed by atoms with E-state index in [1.807, 2.05) is 61.5 Å². The average molecular weight is 700 g/mol. The molecule has 5 aromatic rings.